The van der Waals surface area contributed by atoms with E-state index in [2.05, 4.69) is 15.4 Å². The second kappa shape index (κ2) is 14.1. The van der Waals surface area contributed by atoms with Gasteiger partial charge in [0, 0.05) is 16.1 Å². The van der Waals surface area contributed by atoms with E-state index in [1.54, 1.807) is 0 Å². The molecule has 0 atom stereocenters. The Hall–Kier alpha value is -4.15. The third-order valence-electron chi connectivity index (χ3n) is 10.6. The number of hydrogen-bond donors (Lipinski definition) is 5. The normalized spacial score (nSPS) is 26.7. The summed E-state index contributed by atoms with van der Waals surface area (Å²) in [5.74, 6) is 0.595. The van der Waals surface area contributed by atoms with Crippen LogP contribution >= 0.6 is 0 Å². The highest BCUT2D eigenvalue weighted by Crippen LogP contribution is 2.46. The van der Waals surface area contributed by atoms with Gasteiger partial charge in [-0.2, -0.15) is 0 Å². The molecule has 2 aromatic rings. The fraction of sp³-hybridized carbons (Fsp3) is 0.500. The molecule has 2 aliphatic heterocycles. The van der Waals surface area contributed by atoms with Crippen LogP contribution in [0.1, 0.15) is 87.6 Å². The number of aliphatic hydroxyl groups excluding tert-OH is 3. The van der Waals surface area contributed by atoms with E-state index in [-0.39, 0.29) is 45.5 Å². The Morgan fingerprint density at radius 1 is 0.771 bits per heavy atom. The number of amides is 2. The summed E-state index contributed by atoms with van der Waals surface area (Å²) >= 11 is 0. The van der Waals surface area contributed by atoms with Gasteiger partial charge in [-0.3, -0.25) is 9.59 Å². The van der Waals surface area contributed by atoms with Crippen molar-refractivity contribution in [3.63, 3.8) is 0 Å². The molecule has 4 aliphatic rings. The molecule has 5 N–H and O–H groups in total. The Morgan fingerprint density at radius 2 is 1.21 bits per heavy atom. The first-order valence-electron chi connectivity index (χ1n) is 16.8. The molecular formula is C38H52N2O8. The number of carbonyl (C=O) groups excluding carboxylic acids is 3. The smallest absolute Gasteiger partial charge is 0.509 e. The van der Waals surface area contributed by atoms with Gasteiger partial charge in [0.25, 0.3) is 11.8 Å². The number of ether oxygens (including phenoxy) is 2. The maximum absolute atomic E-state index is 12.9. The molecule has 2 aliphatic carbocycles. The number of nitrogens with one attached hydrogen (secondary N) is 2. The number of carbonyl (C=O) groups is 3. The molecule has 0 bridgehead atoms. The average molecular weight is 665 g/mol. The lowest BCUT2D eigenvalue weighted by Gasteiger charge is -2.37. The van der Waals surface area contributed by atoms with Gasteiger partial charge in [0.15, 0.2) is 0 Å². The van der Waals surface area contributed by atoms with Crippen LogP contribution in [0.15, 0.2) is 47.9 Å². The minimum Gasteiger partial charge on any atom is -0.509 e. The molecule has 262 valence electrons. The van der Waals surface area contributed by atoms with Crippen molar-refractivity contribution in [3.8, 4) is 0 Å². The fourth-order valence-electron chi connectivity index (χ4n) is 7.56. The van der Waals surface area contributed by atoms with Crippen LogP contribution in [0.5, 0.6) is 0 Å². The summed E-state index contributed by atoms with van der Waals surface area (Å²) in [5, 5.41) is 35.6. The molecule has 6 rings (SSSR count). The van der Waals surface area contributed by atoms with Crippen LogP contribution in [-0.2, 0) is 19.1 Å². The molecule has 2 saturated carbocycles. The largest absolute Gasteiger partial charge is 0.513 e. The van der Waals surface area contributed by atoms with Gasteiger partial charge in [0.05, 0.1) is 29.3 Å². The third kappa shape index (κ3) is 6.73. The minimum absolute atomic E-state index is 0. The number of rotatable bonds is 5. The van der Waals surface area contributed by atoms with Gasteiger partial charge in [-0.1, -0.05) is 47.5 Å². The van der Waals surface area contributed by atoms with Gasteiger partial charge in [-0.15, -0.1) is 0 Å². The van der Waals surface area contributed by atoms with Gasteiger partial charge in [0.2, 0.25) is 0 Å². The fourth-order valence-corrected chi connectivity index (χ4v) is 7.56. The SMILES string of the molecule is COC(=O)OC1=C(c2cc(C)ccc2C)C(=O)NC12CCC(CO)CC2.Cc1ccc(C)c(C2=C(O)C3(CCC(CO)CC3)NC2=O)c1.[HH].[HH]. The molecule has 10 nitrogen and oxygen atoms in total. The number of hydrogen-bond acceptors (Lipinski definition) is 8. The summed E-state index contributed by atoms with van der Waals surface area (Å²) in [6.07, 6.45) is 4.92. The van der Waals surface area contributed by atoms with E-state index in [4.69, 9.17) is 4.74 Å². The van der Waals surface area contributed by atoms with Gasteiger partial charge in [0.1, 0.15) is 11.5 Å². The van der Waals surface area contributed by atoms with E-state index >= 15 is 0 Å². The van der Waals surface area contributed by atoms with Crippen molar-refractivity contribution in [1.29, 1.82) is 0 Å². The van der Waals surface area contributed by atoms with E-state index in [0.717, 1.165) is 59.1 Å². The predicted molar refractivity (Wildman–Crippen MR) is 186 cm³/mol. The van der Waals surface area contributed by atoms with Crippen LogP contribution in [-0.4, -0.2) is 64.7 Å². The molecule has 48 heavy (non-hydrogen) atoms. The second-order valence-corrected chi connectivity index (χ2v) is 13.9. The molecule has 2 fully saturated rings. The second-order valence-electron chi connectivity index (χ2n) is 13.9. The quantitative estimate of drug-likeness (QED) is 0.245. The van der Waals surface area contributed by atoms with Crippen molar-refractivity contribution in [2.45, 2.75) is 90.1 Å². The van der Waals surface area contributed by atoms with E-state index in [0.29, 0.717) is 42.6 Å². The number of aliphatic hydroxyl groups is 3. The van der Waals surface area contributed by atoms with Gasteiger partial charge < -0.3 is 35.4 Å². The average Bonchev–Trinajstić information content (AvgIpc) is 3.47. The highest BCUT2D eigenvalue weighted by atomic mass is 16.7. The standard InChI is InChI=1S/C20H25NO5.C18H23NO3.2H2/c1-12-4-5-13(2)15(10-12)16-17(26-19(24)25-3)20(21-18(16)23)8-6-14(11-22)7-9-20;1-11-3-4-12(2)14(9-11)15-16(21)18(19-17(15)22)7-5-13(10-20)6-8-18;;/h4-5,10,14,22H,6-9,11H2,1-3H3,(H,21,23);3-4,9,13,20-21H,5-8,10H2,1-2H3,(H,19,22);2*1H. The van der Waals surface area contributed by atoms with Crippen molar-refractivity contribution in [3.05, 3.63) is 81.3 Å². The molecule has 0 unspecified atom stereocenters. The maximum Gasteiger partial charge on any atom is 0.513 e. The highest BCUT2D eigenvalue weighted by molar-refractivity contribution is 6.24. The molecule has 0 aromatic heterocycles. The van der Waals surface area contributed by atoms with Crippen molar-refractivity contribution in [2.24, 2.45) is 11.8 Å². The lowest BCUT2D eigenvalue weighted by Crippen LogP contribution is -2.48. The predicted octanol–water partition coefficient (Wildman–Crippen LogP) is 5.96. The van der Waals surface area contributed by atoms with Crippen LogP contribution in [0.25, 0.3) is 11.1 Å². The van der Waals surface area contributed by atoms with Crippen molar-refractivity contribution < 1.29 is 42.0 Å². The van der Waals surface area contributed by atoms with Crippen molar-refractivity contribution in [2.75, 3.05) is 20.3 Å². The molecule has 2 aromatic carbocycles. The van der Waals surface area contributed by atoms with E-state index < -0.39 is 17.2 Å². The lowest BCUT2D eigenvalue weighted by atomic mass is 9.75. The lowest BCUT2D eigenvalue weighted by molar-refractivity contribution is -0.117. The van der Waals surface area contributed by atoms with Crippen molar-refractivity contribution in [1.82, 2.24) is 10.6 Å². The van der Waals surface area contributed by atoms with Gasteiger partial charge in [-0.25, -0.2) is 4.79 Å². The van der Waals surface area contributed by atoms with Crippen LogP contribution in [0.4, 0.5) is 4.79 Å². The van der Waals surface area contributed by atoms with Crippen LogP contribution in [0.3, 0.4) is 0 Å². The Labute approximate surface area is 285 Å². The first kappa shape index (κ1) is 35.2. The highest BCUT2D eigenvalue weighted by Gasteiger charge is 2.50. The molecule has 0 radical (unpaired) electrons. The molecule has 2 amide bonds. The topological polar surface area (TPSA) is 154 Å². The van der Waals surface area contributed by atoms with Gasteiger partial charge in [-0.05, 0) is 113 Å². The van der Waals surface area contributed by atoms with E-state index in [1.165, 1.54) is 7.11 Å². The summed E-state index contributed by atoms with van der Waals surface area (Å²) in [6.45, 7) is 8.13. The Balaban J connectivity index is 0.000000263. The molecular weight excluding hydrogens is 612 g/mol. The van der Waals surface area contributed by atoms with Crippen LogP contribution < -0.4 is 10.6 Å². The molecule has 0 saturated heterocycles. The third-order valence-corrected chi connectivity index (χ3v) is 10.6. The summed E-state index contributed by atoms with van der Waals surface area (Å²) in [7, 11) is 1.25. The van der Waals surface area contributed by atoms with Gasteiger partial charge >= 0.3 is 6.16 Å². The first-order valence-corrected chi connectivity index (χ1v) is 16.8. The Morgan fingerprint density at radius 3 is 1.69 bits per heavy atom. The maximum atomic E-state index is 12.9. The monoisotopic (exact) mass is 664 g/mol. The molecule has 2 heterocycles. The Bertz CT molecular complexity index is 1650. The zero-order valence-corrected chi connectivity index (χ0v) is 28.6. The minimum atomic E-state index is -0.831. The molecule has 2 spiro atoms. The number of methoxy groups -OCH3 is 1. The zero-order valence-electron chi connectivity index (χ0n) is 28.6. The first-order chi connectivity index (χ1) is 22.9. The van der Waals surface area contributed by atoms with E-state index in [9.17, 15) is 29.7 Å². The summed E-state index contributed by atoms with van der Waals surface area (Å²) in [5.41, 5.74) is 5.07. The summed E-state index contributed by atoms with van der Waals surface area (Å²) in [4.78, 5) is 37.3. The Kier molecular flexibility index (Phi) is 10.4. The van der Waals surface area contributed by atoms with Crippen LogP contribution in [0, 0.1) is 39.5 Å². The zero-order chi connectivity index (χ0) is 34.8. The number of aryl methyl sites for hydroxylation is 4. The summed E-state index contributed by atoms with van der Waals surface area (Å²) < 4.78 is 10.2. The van der Waals surface area contributed by atoms with Crippen LogP contribution in [0.2, 0.25) is 0 Å². The number of benzene rings is 2. The molecule has 10 heteroatoms. The summed E-state index contributed by atoms with van der Waals surface area (Å²) in [6, 6.07) is 11.8. The van der Waals surface area contributed by atoms with Crippen molar-refractivity contribution >= 4 is 29.1 Å². The van der Waals surface area contributed by atoms with E-state index in [1.807, 2.05) is 64.1 Å².